The van der Waals surface area contributed by atoms with E-state index in [0.717, 1.165) is 19.3 Å². The Hall–Kier alpha value is -1.08. The van der Waals surface area contributed by atoms with Crippen LogP contribution in [-0.4, -0.2) is 13.1 Å². The molecular weight excluding hydrogens is 206 g/mol. The first-order valence-electron chi connectivity index (χ1n) is 6.61. The molecule has 1 rings (SSSR count). The maximum atomic E-state index is 4.13. The van der Waals surface area contributed by atoms with Crippen LogP contribution >= 0.6 is 0 Å². The molecule has 1 heteroatoms. The molecule has 0 aliphatic rings. The highest BCUT2D eigenvalue weighted by molar-refractivity contribution is 5.22. The van der Waals surface area contributed by atoms with Gasteiger partial charge in [0.1, 0.15) is 0 Å². The fourth-order valence-corrected chi connectivity index (χ4v) is 2.35. The summed E-state index contributed by atoms with van der Waals surface area (Å²) in [6, 6.07) is 11.3. The highest BCUT2D eigenvalue weighted by atomic mass is 14.9. The topological polar surface area (TPSA) is 12.0 Å². The summed E-state index contributed by atoms with van der Waals surface area (Å²) < 4.78 is 0. The molecular formula is C16H25N. The quantitative estimate of drug-likeness (QED) is 0.696. The molecule has 1 aromatic carbocycles. The molecule has 0 bridgehead atoms. The fourth-order valence-electron chi connectivity index (χ4n) is 2.35. The van der Waals surface area contributed by atoms with Crippen LogP contribution in [0.5, 0.6) is 0 Å². The van der Waals surface area contributed by atoms with Crippen molar-refractivity contribution in [2.75, 3.05) is 7.05 Å². The Morgan fingerprint density at radius 3 is 2.35 bits per heavy atom. The van der Waals surface area contributed by atoms with Crippen molar-refractivity contribution < 1.29 is 0 Å². The number of nitrogens with one attached hydrogen (secondary N) is 1. The third-order valence-electron chi connectivity index (χ3n) is 3.53. The van der Waals surface area contributed by atoms with Crippen LogP contribution in [-0.2, 0) is 0 Å². The second-order valence-electron chi connectivity index (χ2n) is 4.63. The minimum absolute atomic E-state index is 0.495. The Morgan fingerprint density at radius 1 is 1.24 bits per heavy atom. The first kappa shape index (κ1) is 14.0. The Kier molecular flexibility index (Phi) is 5.99. The number of hydrogen-bond acceptors (Lipinski definition) is 1. The molecule has 17 heavy (non-hydrogen) atoms. The first-order valence-corrected chi connectivity index (χ1v) is 6.61. The van der Waals surface area contributed by atoms with Gasteiger partial charge in [-0.2, -0.15) is 0 Å². The van der Waals surface area contributed by atoms with E-state index >= 15 is 0 Å². The zero-order valence-corrected chi connectivity index (χ0v) is 11.4. The van der Waals surface area contributed by atoms with Gasteiger partial charge in [-0.1, -0.05) is 56.3 Å². The van der Waals surface area contributed by atoms with Crippen LogP contribution in [0.3, 0.4) is 0 Å². The summed E-state index contributed by atoms with van der Waals surface area (Å²) in [5.74, 6) is 0.574. The van der Waals surface area contributed by atoms with Gasteiger partial charge < -0.3 is 5.32 Å². The SMILES string of the molecule is C=C(CC)CC(NC)C(CC)c1ccccc1. The molecule has 94 valence electrons. The van der Waals surface area contributed by atoms with Crippen molar-refractivity contribution in [1.29, 1.82) is 0 Å². The molecule has 1 N–H and O–H groups in total. The smallest absolute Gasteiger partial charge is 0.0170 e. The van der Waals surface area contributed by atoms with Gasteiger partial charge in [-0.05, 0) is 37.8 Å². The third kappa shape index (κ3) is 4.01. The number of hydrogen-bond donors (Lipinski definition) is 1. The van der Waals surface area contributed by atoms with Gasteiger partial charge in [0.15, 0.2) is 0 Å². The summed E-state index contributed by atoms with van der Waals surface area (Å²) in [5, 5.41) is 3.46. The highest BCUT2D eigenvalue weighted by Gasteiger charge is 2.20. The number of rotatable bonds is 7. The Morgan fingerprint density at radius 2 is 1.88 bits per heavy atom. The van der Waals surface area contributed by atoms with Crippen molar-refractivity contribution >= 4 is 0 Å². The van der Waals surface area contributed by atoms with Crippen LogP contribution < -0.4 is 5.32 Å². The van der Waals surface area contributed by atoms with E-state index < -0.39 is 0 Å². The molecule has 0 heterocycles. The molecule has 0 saturated heterocycles. The van der Waals surface area contributed by atoms with Crippen LogP contribution in [0, 0.1) is 0 Å². The fraction of sp³-hybridized carbons (Fsp3) is 0.500. The van der Waals surface area contributed by atoms with Gasteiger partial charge in [0.25, 0.3) is 0 Å². The van der Waals surface area contributed by atoms with E-state index in [1.807, 2.05) is 0 Å². The average Bonchev–Trinajstić information content (AvgIpc) is 2.39. The summed E-state index contributed by atoms with van der Waals surface area (Å²) >= 11 is 0. The summed E-state index contributed by atoms with van der Waals surface area (Å²) in [6.45, 7) is 8.57. The lowest BCUT2D eigenvalue weighted by molar-refractivity contribution is 0.445. The zero-order chi connectivity index (χ0) is 12.7. The summed E-state index contributed by atoms with van der Waals surface area (Å²) in [5.41, 5.74) is 2.76. The minimum atomic E-state index is 0.495. The highest BCUT2D eigenvalue weighted by Crippen LogP contribution is 2.27. The van der Waals surface area contributed by atoms with E-state index in [4.69, 9.17) is 0 Å². The minimum Gasteiger partial charge on any atom is -0.316 e. The molecule has 0 aliphatic heterocycles. The standard InChI is InChI=1S/C16H25N/c1-5-13(3)12-16(17-4)15(6-2)14-10-8-7-9-11-14/h7-11,15-17H,3,5-6,12H2,1-2,4H3. The van der Waals surface area contributed by atoms with Crippen molar-refractivity contribution in [3.8, 4) is 0 Å². The van der Waals surface area contributed by atoms with Gasteiger partial charge in [0.05, 0.1) is 0 Å². The van der Waals surface area contributed by atoms with E-state index in [0.29, 0.717) is 12.0 Å². The molecule has 2 atom stereocenters. The van der Waals surface area contributed by atoms with E-state index in [1.54, 1.807) is 0 Å². The van der Waals surface area contributed by atoms with E-state index in [2.05, 4.69) is 63.1 Å². The van der Waals surface area contributed by atoms with Crippen molar-refractivity contribution in [3.63, 3.8) is 0 Å². The summed E-state index contributed by atoms with van der Waals surface area (Å²) in [7, 11) is 2.05. The largest absolute Gasteiger partial charge is 0.316 e. The molecule has 0 saturated carbocycles. The molecule has 1 aromatic rings. The molecule has 0 amide bonds. The van der Waals surface area contributed by atoms with Crippen LogP contribution in [0.1, 0.15) is 44.6 Å². The average molecular weight is 231 g/mol. The lowest BCUT2D eigenvalue weighted by atomic mass is 9.85. The molecule has 1 nitrogen and oxygen atoms in total. The number of benzene rings is 1. The van der Waals surface area contributed by atoms with Crippen LogP contribution in [0.25, 0.3) is 0 Å². The van der Waals surface area contributed by atoms with Crippen LogP contribution in [0.2, 0.25) is 0 Å². The molecule has 0 radical (unpaired) electrons. The van der Waals surface area contributed by atoms with Gasteiger partial charge in [0.2, 0.25) is 0 Å². The van der Waals surface area contributed by atoms with Crippen molar-refractivity contribution in [2.24, 2.45) is 0 Å². The van der Waals surface area contributed by atoms with Crippen molar-refractivity contribution in [3.05, 3.63) is 48.0 Å². The van der Waals surface area contributed by atoms with Crippen molar-refractivity contribution in [1.82, 2.24) is 5.32 Å². The van der Waals surface area contributed by atoms with Gasteiger partial charge in [-0.3, -0.25) is 0 Å². The van der Waals surface area contributed by atoms with Gasteiger partial charge in [-0.15, -0.1) is 0 Å². The normalized spacial score (nSPS) is 14.3. The maximum absolute atomic E-state index is 4.13. The first-order chi connectivity index (χ1) is 8.22. The molecule has 2 unspecified atom stereocenters. The van der Waals surface area contributed by atoms with Gasteiger partial charge in [-0.25, -0.2) is 0 Å². The lowest BCUT2D eigenvalue weighted by Crippen LogP contribution is -2.32. The summed E-state index contributed by atoms with van der Waals surface area (Å²) in [4.78, 5) is 0. The van der Waals surface area contributed by atoms with E-state index in [1.165, 1.54) is 11.1 Å². The van der Waals surface area contributed by atoms with Crippen LogP contribution in [0.4, 0.5) is 0 Å². The predicted octanol–water partition coefficient (Wildman–Crippen LogP) is 4.12. The lowest BCUT2D eigenvalue weighted by Gasteiger charge is -2.27. The third-order valence-corrected chi connectivity index (χ3v) is 3.53. The van der Waals surface area contributed by atoms with Crippen LogP contribution in [0.15, 0.2) is 42.5 Å². The van der Waals surface area contributed by atoms with E-state index in [9.17, 15) is 0 Å². The maximum Gasteiger partial charge on any atom is 0.0170 e. The molecule has 0 fully saturated rings. The van der Waals surface area contributed by atoms with Gasteiger partial charge >= 0.3 is 0 Å². The number of likely N-dealkylation sites (N-methyl/N-ethyl adjacent to an activating group) is 1. The molecule has 0 aromatic heterocycles. The Labute approximate surface area is 106 Å². The second-order valence-corrected chi connectivity index (χ2v) is 4.63. The molecule has 0 aliphatic carbocycles. The van der Waals surface area contributed by atoms with Crippen molar-refractivity contribution in [2.45, 2.75) is 45.1 Å². The zero-order valence-electron chi connectivity index (χ0n) is 11.4. The Balaban J connectivity index is 2.80. The summed E-state index contributed by atoms with van der Waals surface area (Å²) in [6.07, 6.45) is 3.30. The van der Waals surface area contributed by atoms with Gasteiger partial charge in [0, 0.05) is 6.04 Å². The predicted molar refractivity (Wildman–Crippen MR) is 76.4 cm³/mol. The monoisotopic (exact) mass is 231 g/mol. The Bertz CT molecular complexity index is 329. The second kappa shape index (κ2) is 7.29. The molecule has 0 spiro atoms. The van der Waals surface area contributed by atoms with E-state index in [-0.39, 0.29) is 0 Å².